The van der Waals surface area contributed by atoms with Gasteiger partial charge in [0.25, 0.3) is 5.91 Å². The summed E-state index contributed by atoms with van der Waals surface area (Å²) < 4.78 is 6.51. The molecule has 0 aliphatic carbocycles. The molecular formula is C19H26BrN5O2. The summed E-state index contributed by atoms with van der Waals surface area (Å²) in [5.74, 6) is -0.148. The first-order chi connectivity index (χ1) is 12.8. The monoisotopic (exact) mass is 435 g/mol. The number of anilines is 5. The highest BCUT2D eigenvalue weighted by molar-refractivity contribution is 9.10. The summed E-state index contributed by atoms with van der Waals surface area (Å²) in [5.41, 5.74) is 9.99. The van der Waals surface area contributed by atoms with Gasteiger partial charge in [-0.2, -0.15) is 0 Å². The van der Waals surface area contributed by atoms with E-state index in [4.69, 9.17) is 10.5 Å². The maximum Gasteiger partial charge on any atom is 0.254 e. The third-order valence-corrected chi connectivity index (χ3v) is 4.56. The normalized spacial score (nSPS) is 10.5. The molecule has 0 aliphatic rings. The molecule has 27 heavy (non-hydrogen) atoms. The number of amides is 1. The Hall–Kier alpha value is -2.61. The summed E-state index contributed by atoms with van der Waals surface area (Å²) in [4.78, 5) is 12.2. The van der Waals surface area contributed by atoms with Crippen molar-refractivity contribution in [1.82, 2.24) is 0 Å². The van der Waals surface area contributed by atoms with Gasteiger partial charge in [0.1, 0.15) is 11.3 Å². The van der Waals surface area contributed by atoms with Gasteiger partial charge < -0.3 is 31.7 Å². The Morgan fingerprint density at radius 3 is 2.07 bits per heavy atom. The van der Waals surface area contributed by atoms with Crippen LogP contribution in [0.15, 0.2) is 28.7 Å². The minimum absolute atomic E-state index is 0.106. The first-order valence-corrected chi connectivity index (χ1v) is 9.38. The molecule has 0 saturated heterocycles. The average molecular weight is 436 g/mol. The minimum atomic E-state index is -0.571. The van der Waals surface area contributed by atoms with E-state index in [2.05, 4.69) is 37.2 Å². The zero-order valence-corrected chi connectivity index (χ0v) is 17.7. The summed E-state index contributed by atoms with van der Waals surface area (Å²) in [7, 11) is 5.53. The van der Waals surface area contributed by atoms with E-state index >= 15 is 0 Å². The second-order valence-electron chi connectivity index (χ2n) is 6.15. The van der Waals surface area contributed by atoms with Gasteiger partial charge in [0, 0.05) is 26.8 Å². The zero-order valence-electron chi connectivity index (χ0n) is 16.2. The number of nitrogens with two attached hydrogens (primary N) is 1. The molecule has 0 aliphatic heterocycles. The Bertz CT molecular complexity index is 814. The number of nitrogens with one attached hydrogen (secondary N) is 4. The van der Waals surface area contributed by atoms with Crippen molar-refractivity contribution in [2.45, 2.75) is 20.0 Å². The number of benzene rings is 2. The standard InChI is InChI=1S/C19H26BrN5O2/c1-10(2)27-18-12(20)6-7-13(16(18)19(21)26)25-17-14(23-4)8-11(22-3)9-15(17)24-5/h6-10,22-25H,1-5H3,(H2,21,26). The van der Waals surface area contributed by atoms with Crippen molar-refractivity contribution in [2.24, 2.45) is 5.73 Å². The number of hydrogen-bond donors (Lipinski definition) is 5. The number of primary amides is 1. The van der Waals surface area contributed by atoms with Crippen molar-refractivity contribution in [3.8, 4) is 5.75 Å². The summed E-state index contributed by atoms with van der Waals surface area (Å²) in [6.45, 7) is 3.79. The van der Waals surface area contributed by atoms with E-state index in [-0.39, 0.29) is 6.10 Å². The van der Waals surface area contributed by atoms with Crippen molar-refractivity contribution < 1.29 is 9.53 Å². The summed E-state index contributed by atoms with van der Waals surface area (Å²) in [6.07, 6.45) is -0.106. The molecule has 0 aromatic heterocycles. The number of halogens is 1. The Kier molecular flexibility index (Phi) is 6.79. The fourth-order valence-electron chi connectivity index (χ4n) is 2.71. The number of carbonyl (C=O) groups excluding carboxylic acids is 1. The van der Waals surface area contributed by atoms with Crippen LogP contribution in [0.25, 0.3) is 0 Å². The van der Waals surface area contributed by atoms with E-state index in [1.54, 1.807) is 6.07 Å². The second-order valence-corrected chi connectivity index (χ2v) is 7.01. The molecule has 146 valence electrons. The van der Waals surface area contributed by atoms with Crippen LogP contribution in [0.5, 0.6) is 5.75 Å². The van der Waals surface area contributed by atoms with Crippen LogP contribution in [-0.2, 0) is 0 Å². The third-order valence-electron chi connectivity index (χ3n) is 3.93. The Labute approximate surface area is 168 Å². The van der Waals surface area contributed by atoms with E-state index in [0.717, 1.165) is 22.7 Å². The van der Waals surface area contributed by atoms with Gasteiger partial charge in [-0.1, -0.05) is 0 Å². The summed E-state index contributed by atoms with van der Waals surface area (Å²) in [5, 5.41) is 12.8. The van der Waals surface area contributed by atoms with E-state index < -0.39 is 5.91 Å². The fraction of sp³-hybridized carbons (Fsp3) is 0.316. The van der Waals surface area contributed by atoms with Gasteiger partial charge in [-0.05, 0) is 54.0 Å². The molecule has 0 heterocycles. The van der Waals surface area contributed by atoms with Crippen LogP contribution < -0.4 is 31.7 Å². The van der Waals surface area contributed by atoms with Crippen molar-refractivity contribution in [1.29, 1.82) is 0 Å². The average Bonchev–Trinajstić information content (AvgIpc) is 2.63. The first kappa shape index (κ1) is 20.7. The molecule has 2 rings (SSSR count). The lowest BCUT2D eigenvalue weighted by Gasteiger charge is -2.21. The largest absolute Gasteiger partial charge is 0.489 e. The number of carbonyl (C=O) groups is 1. The summed E-state index contributed by atoms with van der Waals surface area (Å²) in [6, 6.07) is 7.56. The van der Waals surface area contributed by atoms with Crippen molar-refractivity contribution in [3.63, 3.8) is 0 Å². The Morgan fingerprint density at radius 1 is 1.04 bits per heavy atom. The van der Waals surface area contributed by atoms with Gasteiger partial charge in [0.15, 0.2) is 0 Å². The molecule has 0 fully saturated rings. The number of ether oxygens (including phenoxy) is 1. The highest BCUT2D eigenvalue weighted by Crippen LogP contribution is 2.40. The highest BCUT2D eigenvalue weighted by atomic mass is 79.9. The van der Waals surface area contributed by atoms with E-state index in [1.165, 1.54) is 0 Å². The quantitative estimate of drug-likeness (QED) is 0.425. The van der Waals surface area contributed by atoms with Gasteiger partial charge in [-0.25, -0.2) is 0 Å². The smallest absolute Gasteiger partial charge is 0.254 e. The van der Waals surface area contributed by atoms with Crippen LogP contribution in [0.4, 0.5) is 28.4 Å². The predicted molar refractivity (Wildman–Crippen MR) is 117 cm³/mol. The minimum Gasteiger partial charge on any atom is -0.489 e. The van der Waals surface area contributed by atoms with Gasteiger partial charge in [-0.3, -0.25) is 4.79 Å². The highest BCUT2D eigenvalue weighted by Gasteiger charge is 2.21. The van der Waals surface area contributed by atoms with E-state index in [1.807, 2.05) is 53.2 Å². The van der Waals surface area contributed by atoms with Gasteiger partial charge in [0.2, 0.25) is 0 Å². The second kappa shape index (κ2) is 8.85. The number of rotatable bonds is 8. The van der Waals surface area contributed by atoms with Crippen molar-refractivity contribution >= 4 is 50.3 Å². The van der Waals surface area contributed by atoms with Crippen LogP contribution in [-0.4, -0.2) is 33.2 Å². The zero-order chi connectivity index (χ0) is 20.1. The van der Waals surface area contributed by atoms with Gasteiger partial charge >= 0.3 is 0 Å². The molecule has 2 aromatic carbocycles. The topological polar surface area (TPSA) is 100 Å². The molecule has 8 heteroatoms. The van der Waals surface area contributed by atoms with Crippen molar-refractivity contribution in [3.05, 3.63) is 34.3 Å². The lowest BCUT2D eigenvalue weighted by molar-refractivity contribution is 0.0995. The molecule has 0 bridgehead atoms. The maximum atomic E-state index is 12.2. The van der Waals surface area contributed by atoms with Crippen LogP contribution in [0, 0.1) is 0 Å². The van der Waals surface area contributed by atoms with Crippen LogP contribution in [0.1, 0.15) is 24.2 Å². The fourth-order valence-corrected chi connectivity index (χ4v) is 3.13. The predicted octanol–water partition coefficient (Wildman–Crippen LogP) is 4.20. The molecule has 0 radical (unpaired) electrons. The van der Waals surface area contributed by atoms with Crippen LogP contribution in [0.3, 0.4) is 0 Å². The number of hydrogen-bond acceptors (Lipinski definition) is 6. The molecular weight excluding hydrogens is 410 g/mol. The lowest BCUT2D eigenvalue weighted by atomic mass is 10.1. The molecule has 7 nitrogen and oxygen atoms in total. The molecule has 0 saturated carbocycles. The van der Waals surface area contributed by atoms with Crippen LogP contribution in [0.2, 0.25) is 0 Å². The van der Waals surface area contributed by atoms with Gasteiger partial charge in [0.05, 0.1) is 33.3 Å². The molecule has 1 amide bonds. The SMILES string of the molecule is CNc1cc(NC)c(Nc2ccc(Br)c(OC(C)C)c2C(N)=O)c(NC)c1. The molecule has 6 N–H and O–H groups in total. The first-order valence-electron chi connectivity index (χ1n) is 8.59. The summed E-state index contributed by atoms with van der Waals surface area (Å²) >= 11 is 3.45. The Balaban J connectivity index is 2.62. The van der Waals surface area contributed by atoms with Gasteiger partial charge in [-0.15, -0.1) is 0 Å². The molecule has 2 aromatic rings. The molecule has 0 atom stereocenters. The van der Waals surface area contributed by atoms with Crippen molar-refractivity contribution in [2.75, 3.05) is 42.4 Å². The van der Waals surface area contributed by atoms with Crippen LogP contribution >= 0.6 is 15.9 Å². The van der Waals surface area contributed by atoms with E-state index in [0.29, 0.717) is 21.5 Å². The molecule has 0 spiro atoms. The molecule has 0 unspecified atom stereocenters. The third kappa shape index (κ3) is 4.57. The Morgan fingerprint density at radius 2 is 1.63 bits per heavy atom. The maximum absolute atomic E-state index is 12.2. The van der Waals surface area contributed by atoms with E-state index in [9.17, 15) is 4.79 Å². The lowest BCUT2D eigenvalue weighted by Crippen LogP contribution is -2.18.